The third-order valence-electron chi connectivity index (χ3n) is 5.35. The Kier molecular flexibility index (Phi) is 7.59. The summed E-state index contributed by atoms with van der Waals surface area (Å²) in [4.78, 5) is 26.7. The van der Waals surface area contributed by atoms with Crippen molar-refractivity contribution < 1.29 is 9.59 Å². The number of carbonyl (C=O) groups excluding carboxylic acids is 2. The Bertz CT molecular complexity index is 1040. The number of fused-ring (bicyclic) bond motifs is 1. The van der Waals surface area contributed by atoms with Gasteiger partial charge in [-0.2, -0.15) is 0 Å². The summed E-state index contributed by atoms with van der Waals surface area (Å²) in [6.07, 6.45) is 3.62. The summed E-state index contributed by atoms with van der Waals surface area (Å²) in [5, 5.41) is 10.9. The van der Waals surface area contributed by atoms with Crippen LogP contribution in [0.3, 0.4) is 0 Å². The van der Waals surface area contributed by atoms with Crippen molar-refractivity contribution >= 4 is 23.6 Å². The number of primary amides is 1. The van der Waals surface area contributed by atoms with Crippen molar-refractivity contribution in [3.63, 3.8) is 0 Å². The van der Waals surface area contributed by atoms with Gasteiger partial charge in [-0.1, -0.05) is 43.3 Å². The highest BCUT2D eigenvalue weighted by Crippen LogP contribution is 2.32. The van der Waals surface area contributed by atoms with E-state index in [2.05, 4.69) is 29.5 Å². The molecule has 1 atom stereocenters. The van der Waals surface area contributed by atoms with Gasteiger partial charge in [-0.05, 0) is 53.8 Å². The maximum atomic E-state index is 13.3. The second-order valence-electron chi connectivity index (χ2n) is 7.80. The molecule has 8 heteroatoms. The molecule has 0 aromatic heterocycles. The monoisotopic (exact) mass is 434 g/mol. The van der Waals surface area contributed by atoms with E-state index >= 15 is 0 Å². The molecule has 8 nitrogen and oxygen atoms in total. The Balaban J connectivity index is 2.01. The molecule has 1 heterocycles. The summed E-state index contributed by atoms with van der Waals surface area (Å²) in [5.41, 5.74) is 10.00. The molecule has 0 saturated heterocycles. The average Bonchev–Trinajstić information content (AvgIpc) is 2.97. The van der Waals surface area contributed by atoms with E-state index < -0.39 is 12.1 Å². The van der Waals surface area contributed by atoms with Gasteiger partial charge in [-0.15, -0.1) is 5.11 Å². The first kappa shape index (κ1) is 23.0. The van der Waals surface area contributed by atoms with Crippen LogP contribution in [0.2, 0.25) is 0 Å². The number of nitrogens with one attached hydrogen (secondary N) is 1. The van der Waals surface area contributed by atoms with Crippen LogP contribution < -0.4 is 16.9 Å². The maximum absolute atomic E-state index is 13.3. The first-order valence-electron chi connectivity index (χ1n) is 10.9. The van der Waals surface area contributed by atoms with Gasteiger partial charge in [0.1, 0.15) is 6.17 Å². The molecule has 1 aliphatic rings. The largest absolute Gasteiger partial charge is 0.366 e. The molecule has 2 amide bonds. The van der Waals surface area contributed by atoms with Gasteiger partial charge in [0.15, 0.2) is 0 Å². The molecule has 168 valence electrons. The molecule has 0 aliphatic carbocycles. The van der Waals surface area contributed by atoms with Gasteiger partial charge in [-0.25, -0.2) is 0 Å². The average molecular weight is 435 g/mol. The Labute approximate surface area is 188 Å². The first-order chi connectivity index (χ1) is 15.5. The van der Waals surface area contributed by atoms with Crippen LogP contribution in [0.25, 0.3) is 17.2 Å². The van der Waals surface area contributed by atoms with Crippen molar-refractivity contribution in [1.82, 2.24) is 4.90 Å². The zero-order valence-corrected chi connectivity index (χ0v) is 18.5. The lowest BCUT2D eigenvalue weighted by Crippen LogP contribution is -2.34. The molecule has 5 N–H and O–H groups in total. The van der Waals surface area contributed by atoms with Gasteiger partial charge in [-0.3, -0.25) is 9.59 Å². The molecule has 0 spiro atoms. The summed E-state index contributed by atoms with van der Waals surface area (Å²) in [6, 6.07) is 13.0. The van der Waals surface area contributed by atoms with Crippen LogP contribution in [0.1, 0.15) is 49.0 Å². The fourth-order valence-electron chi connectivity index (χ4n) is 3.88. The van der Waals surface area contributed by atoms with Gasteiger partial charge in [0.25, 0.3) is 0 Å². The summed E-state index contributed by atoms with van der Waals surface area (Å²) < 4.78 is 0. The minimum atomic E-state index is -0.474. The number of nitrogens with zero attached hydrogens (tertiary/aromatic N) is 3. The SMILES string of the molecule is CCCN(CCC)C(=O)C1=Cc2ccc(-c3cccc(C(N)=O)c3)cc2NC(N=NN)C1. The molecule has 0 bridgehead atoms. The van der Waals surface area contributed by atoms with Crippen molar-refractivity contribution in [1.29, 1.82) is 0 Å². The Morgan fingerprint density at radius 2 is 1.81 bits per heavy atom. The zero-order chi connectivity index (χ0) is 23.1. The molecule has 0 radical (unpaired) electrons. The lowest BCUT2D eigenvalue weighted by Gasteiger charge is -2.23. The minimum absolute atomic E-state index is 0.0128. The van der Waals surface area contributed by atoms with E-state index in [0.29, 0.717) is 30.6 Å². The molecule has 32 heavy (non-hydrogen) atoms. The second-order valence-corrected chi connectivity index (χ2v) is 7.80. The van der Waals surface area contributed by atoms with E-state index in [1.165, 1.54) is 0 Å². The summed E-state index contributed by atoms with van der Waals surface area (Å²) in [5.74, 6) is 4.87. The Morgan fingerprint density at radius 1 is 1.09 bits per heavy atom. The van der Waals surface area contributed by atoms with Crippen molar-refractivity contribution in [2.24, 2.45) is 21.9 Å². The summed E-state index contributed by atoms with van der Waals surface area (Å²) in [7, 11) is 0. The molecular formula is C24H30N6O2. The molecule has 1 unspecified atom stereocenters. The van der Waals surface area contributed by atoms with Crippen LogP contribution in [0.5, 0.6) is 0 Å². The quantitative estimate of drug-likeness (QED) is 0.330. The number of hydrogen-bond acceptors (Lipinski definition) is 5. The summed E-state index contributed by atoms with van der Waals surface area (Å²) >= 11 is 0. The molecule has 3 rings (SSSR count). The second kappa shape index (κ2) is 10.6. The number of nitrogens with two attached hydrogens (primary N) is 2. The topological polar surface area (TPSA) is 126 Å². The van der Waals surface area contributed by atoms with Gasteiger partial charge >= 0.3 is 0 Å². The van der Waals surface area contributed by atoms with Crippen LogP contribution >= 0.6 is 0 Å². The van der Waals surface area contributed by atoms with Crippen LogP contribution in [0.15, 0.2) is 58.4 Å². The number of benzene rings is 2. The van der Waals surface area contributed by atoms with Gasteiger partial charge < -0.3 is 21.8 Å². The number of anilines is 1. The van der Waals surface area contributed by atoms with Crippen LogP contribution in [-0.4, -0.2) is 36.0 Å². The predicted molar refractivity (Wildman–Crippen MR) is 127 cm³/mol. The van der Waals surface area contributed by atoms with Crippen molar-refractivity contribution in [2.75, 3.05) is 18.4 Å². The van der Waals surface area contributed by atoms with Gasteiger partial charge in [0, 0.05) is 36.3 Å². The number of carbonyl (C=O) groups is 2. The molecule has 2 aromatic carbocycles. The summed E-state index contributed by atoms with van der Waals surface area (Å²) in [6.45, 7) is 5.55. The third-order valence-corrected chi connectivity index (χ3v) is 5.35. The highest BCUT2D eigenvalue weighted by atomic mass is 16.2. The van der Waals surface area contributed by atoms with Crippen LogP contribution in [0, 0.1) is 0 Å². The molecule has 1 aliphatic heterocycles. The fraction of sp³-hybridized carbons (Fsp3) is 0.333. The lowest BCUT2D eigenvalue weighted by molar-refractivity contribution is -0.127. The van der Waals surface area contributed by atoms with E-state index in [0.717, 1.165) is 35.2 Å². The minimum Gasteiger partial charge on any atom is -0.366 e. The lowest BCUT2D eigenvalue weighted by atomic mass is 9.99. The molecule has 2 aromatic rings. The third kappa shape index (κ3) is 5.32. The van der Waals surface area contributed by atoms with E-state index in [9.17, 15) is 9.59 Å². The number of amides is 2. The normalized spacial score (nSPS) is 15.4. The fourth-order valence-corrected chi connectivity index (χ4v) is 3.88. The molecular weight excluding hydrogens is 404 g/mol. The van der Waals surface area contributed by atoms with E-state index in [1.807, 2.05) is 35.2 Å². The zero-order valence-electron chi connectivity index (χ0n) is 18.5. The first-order valence-corrected chi connectivity index (χ1v) is 10.9. The van der Waals surface area contributed by atoms with Gasteiger partial charge in [0.05, 0.1) is 0 Å². The van der Waals surface area contributed by atoms with E-state index in [1.54, 1.807) is 18.2 Å². The Hall–Kier alpha value is -3.68. The number of hydrogen-bond donors (Lipinski definition) is 3. The van der Waals surface area contributed by atoms with Crippen molar-refractivity contribution in [2.45, 2.75) is 39.3 Å². The van der Waals surface area contributed by atoms with E-state index in [-0.39, 0.29) is 5.91 Å². The standard InChI is InChI=1S/C24H30N6O2/c1-3-10-30(11-4-2)24(32)20-13-18-9-8-17(14-21(18)27-22(15-20)28-29-26)16-6-5-7-19(12-16)23(25)31/h5-9,12-14,22,27H,3-4,10-11,15H2,1-2H3,(H2,25,31)(H2,26,28). The van der Waals surface area contributed by atoms with E-state index in [4.69, 9.17) is 11.6 Å². The molecule has 0 saturated carbocycles. The smallest absolute Gasteiger partial charge is 0.249 e. The highest BCUT2D eigenvalue weighted by Gasteiger charge is 2.24. The van der Waals surface area contributed by atoms with Crippen LogP contribution in [0.4, 0.5) is 5.69 Å². The predicted octanol–water partition coefficient (Wildman–Crippen LogP) is 3.95. The van der Waals surface area contributed by atoms with Crippen molar-refractivity contribution in [3.8, 4) is 11.1 Å². The number of rotatable bonds is 8. The Morgan fingerprint density at radius 3 is 2.47 bits per heavy atom. The van der Waals surface area contributed by atoms with Crippen LogP contribution in [-0.2, 0) is 4.79 Å². The van der Waals surface area contributed by atoms with Crippen molar-refractivity contribution in [3.05, 3.63) is 59.2 Å². The highest BCUT2D eigenvalue weighted by molar-refractivity contribution is 5.99. The maximum Gasteiger partial charge on any atom is 0.249 e. The molecule has 0 fully saturated rings. The van der Waals surface area contributed by atoms with Gasteiger partial charge in [0.2, 0.25) is 11.8 Å².